The summed E-state index contributed by atoms with van der Waals surface area (Å²) in [5.74, 6) is 0.138. The monoisotopic (exact) mass is 396 g/mol. The molecule has 0 bridgehead atoms. The Morgan fingerprint density at radius 1 is 1.18 bits per heavy atom. The first kappa shape index (κ1) is 18.7. The Morgan fingerprint density at radius 3 is 2.68 bits per heavy atom. The highest BCUT2D eigenvalue weighted by Crippen LogP contribution is 2.35. The van der Waals surface area contributed by atoms with Crippen LogP contribution >= 0.6 is 11.8 Å². The van der Waals surface area contributed by atoms with Crippen molar-refractivity contribution in [1.82, 2.24) is 14.8 Å². The summed E-state index contributed by atoms with van der Waals surface area (Å²) >= 11 is 1.34. The van der Waals surface area contributed by atoms with Crippen molar-refractivity contribution in [3.63, 3.8) is 0 Å². The summed E-state index contributed by atoms with van der Waals surface area (Å²) in [5, 5.41) is 8.56. The molecule has 1 amide bonds. The Kier molecular flexibility index (Phi) is 4.93. The van der Waals surface area contributed by atoms with Gasteiger partial charge >= 0.3 is 0 Å². The molecule has 1 aromatic heterocycles. The van der Waals surface area contributed by atoms with Crippen molar-refractivity contribution in [3.8, 4) is 11.4 Å². The number of fused-ring (bicyclic) bond motifs is 1. The van der Waals surface area contributed by atoms with E-state index in [9.17, 15) is 9.18 Å². The predicted octanol–water partition coefficient (Wildman–Crippen LogP) is 4.08. The van der Waals surface area contributed by atoms with E-state index in [4.69, 9.17) is 0 Å². The normalized spacial score (nSPS) is 16.9. The van der Waals surface area contributed by atoms with Gasteiger partial charge in [0.25, 0.3) is 0 Å². The molecular weight excluding hydrogens is 375 g/mol. The van der Waals surface area contributed by atoms with Crippen LogP contribution in [0.1, 0.15) is 19.4 Å². The Labute approximate surface area is 167 Å². The Bertz CT molecular complexity index is 1030. The topological polar surface area (TPSA) is 51.0 Å². The molecule has 2 atom stereocenters. The summed E-state index contributed by atoms with van der Waals surface area (Å²) in [4.78, 5) is 15.0. The third-order valence-corrected chi connectivity index (χ3v) is 6.15. The van der Waals surface area contributed by atoms with Crippen molar-refractivity contribution in [2.24, 2.45) is 7.05 Å². The van der Waals surface area contributed by atoms with E-state index in [1.807, 2.05) is 30.0 Å². The third-order valence-electron chi connectivity index (χ3n) is 5.02. The van der Waals surface area contributed by atoms with E-state index < -0.39 is 0 Å². The molecule has 5 nitrogen and oxygen atoms in total. The highest BCUT2D eigenvalue weighted by Gasteiger charge is 2.34. The van der Waals surface area contributed by atoms with Crippen molar-refractivity contribution in [1.29, 1.82) is 0 Å². The van der Waals surface area contributed by atoms with Crippen molar-refractivity contribution in [3.05, 3.63) is 59.9 Å². The molecule has 4 rings (SSSR count). The van der Waals surface area contributed by atoms with Crippen LogP contribution in [-0.4, -0.2) is 32.0 Å². The molecule has 28 heavy (non-hydrogen) atoms. The van der Waals surface area contributed by atoms with Gasteiger partial charge in [0, 0.05) is 18.8 Å². The first-order valence-corrected chi connectivity index (χ1v) is 10.1. The van der Waals surface area contributed by atoms with Crippen LogP contribution in [-0.2, 0) is 18.3 Å². The number of carbonyl (C=O) groups is 1. The van der Waals surface area contributed by atoms with Gasteiger partial charge in [-0.1, -0.05) is 42.1 Å². The minimum absolute atomic E-state index is 0.0397. The number of rotatable bonds is 4. The average molecular weight is 396 g/mol. The maximum absolute atomic E-state index is 14.1. The molecule has 7 heteroatoms. The van der Waals surface area contributed by atoms with Gasteiger partial charge in [0.1, 0.15) is 5.82 Å². The van der Waals surface area contributed by atoms with Crippen molar-refractivity contribution in [2.45, 2.75) is 36.7 Å². The molecule has 0 unspecified atom stereocenters. The highest BCUT2D eigenvalue weighted by atomic mass is 32.2. The second-order valence-corrected chi connectivity index (χ2v) is 8.30. The number of hydrogen-bond donors (Lipinski definition) is 0. The summed E-state index contributed by atoms with van der Waals surface area (Å²) in [5.41, 5.74) is 2.57. The van der Waals surface area contributed by atoms with Crippen molar-refractivity contribution >= 4 is 23.4 Å². The zero-order valence-electron chi connectivity index (χ0n) is 16.0. The summed E-state index contributed by atoms with van der Waals surface area (Å²) in [6.45, 7) is 3.94. The number of anilines is 1. The van der Waals surface area contributed by atoms with Crippen LogP contribution in [0.5, 0.6) is 0 Å². The molecule has 0 saturated carbocycles. The third kappa shape index (κ3) is 3.20. The number of nitrogens with zero attached hydrogens (tertiary/aromatic N) is 4. The van der Waals surface area contributed by atoms with Gasteiger partial charge in [-0.3, -0.25) is 4.79 Å². The second-order valence-electron chi connectivity index (χ2n) is 7.00. The zero-order valence-corrected chi connectivity index (χ0v) is 16.8. The summed E-state index contributed by atoms with van der Waals surface area (Å²) < 4.78 is 15.8. The predicted molar refractivity (Wildman–Crippen MR) is 109 cm³/mol. The minimum Gasteiger partial charge on any atom is -0.308 e. The molecular formula is C21H21FN4OS. The second kappa shape index (κ2) is 7.39. The van der Waals surface area contributed by atoms with Gasteiger partial charge in [0.15, 0.2) is 11.0 Å². The number of benzene rings is 2. The number of amides is 1. The fraction of sp³-hybridized carbons (Fsp3) is 0.286. The van der Waals surface area contributed by atoms with Crippen LogP contribution in [0.25, 0.3) is 11.4 Å². The number of aromatic nitrogens is 3. The van der Waals surface area contributed by atoms with Crippen LogP contribution in [0.3, 0.4) is 0 Å². The highest BCUT2D eigenvalue weighted by molar-refractivity contribution is 8.00. The van der Waals surface area contributed by atoms with E-state index in [0.717, 1.165) is 12.1 Å². The zero-order chi connectivity index (χ0) is 19.8. The molecule has 0 radical (unpaired) electrons. The molecule has 0 aliphatic carbocycles. The average Bonchev–Trinajstić information content (AvgIpc) is 3.21. The van der Waals surface area contributed by atoms with Crippen LogP contribution in [0, 0.1) is 5.82 Å². The Morgan fingerprint density at radius 2 is 1.89 bits per heavy atom. The molecule has 144 valence electrons. The fourth-order valence-corrected chi connectivity index (χ4v) is 4.46. The number of carbonyl (C=O) groups excluding carboxylic acids is 1. The van der Waals surface area contributed by atoms with Gasteiger partial charge in [0.05, 0.1) is 10.8 Å². The number of thioether (sulfide) groups is 1. The van der Waals surface area contributed by atoms with Crippen LogP contribution in [0.2, 0.25) is 0 Å². The summed E-state index contributed by atoms with van der Waals surface area (Å²) in [7, 11) is 1.79. The van der Waals surface area contributed by atoms with Gasteiger partial charge in [-0.15, -0.1) is 10.2 Å². The van der Waals surface area contributed by atoms with Crippen LogP contribution < -0.4 is 4.90 Å². The van der Waals surface area contributed by atoms with Crippen molar-refractivity contribution in [2.75, 3.05) is 4.90 Å². The minimum atomic E-state index is -0.346. The first-order chi connectivity index (χ1) is 13.5. The molecule has 3 aromatic rings. The van der Waals surface area contributed by atoms with E-state index in [2.05, 4.69) is 23.2 Å². The number of halogens is 1. The summed E-state index contributed by atoms with van der Waals surface area (Å²) in [6.07, 6.45) is 0.862. The largest absolute Gasteiger partial charge is 0.308 e. The molecule has 2 heterocycles. The smallest absolute Gasteiger partial charge is 0.240 e. The van der Waals surface area contributed by atoms with E-state index in [1.165, 1.54) is 23.4 Å². The number of hydrogen-bond acceptors (Lipinski definition) is 4. The molecule has 0 N–H and O–H groups in total. The van der Waals surface area contributed by atoms with Crippen LogP contribution in [0.15, 0.2) is 53.7 Å². The van der Waals surface area contributed by atoms with Gasteiger partial charge in [0.2, 0.25) is 5.91 Å². The van der Waals surface area contributed by atoms with E-state index in [-0.39, 0.29) is 23.0 Å². The number of para-hydroxylation sites is 1. The van der Waals surface area contributed by atoms with Gasteiger partial charge < -0.3 is 9.47 Å². The van der Waals surface area contributed by atoms with Gasteiger partial charge in [-0.2, -0.15) is 0 Å². The quantitative estimate of drug-likeness (QED) is 0.624. The maximum atomic E-state index is 14.1. The Hall–Kier alpha value is -2.67. The fourth-order valence-electron chi connectivity index (χ4n) is 3.60. The molecule has 1 aliphatic heterocycles. The Balaban J connectivity index is 1.56. The lowest BCUT2D eigenvalue weighted by Crippen LogP contribution is -2.40. The molecule has 1 aliphatic rings. The lowest BCUT2D eigenvalue weighted by atomic mass is 10.1. The standard InChI is InChI=1S/C21H21FN4OS/c1-13-12-15-8-4-7-11-18(15)26(13)20(27)14(2)28-21-24-23-19(25(21)3)16-9-5-6-10-17(16)22/h4-11,13-14H,12H2,1-3H3/t13-,14+/m1/s1. The van der Waals surface area contributed by atoms with Crippen LogP contribution in [0.4, 0.5) is 10.1 Å². The lowest BCUT2D eigenvalue weighted by Gasteiger charge is -2.25. The molecule has 2 aromatic carbocycles. The van der Waals surface area contributed by atoms with E-state index in [0.29, 0.717) is 16.5 Å². The molecule has 0 spiro atoms. The molecule has 0 fully saturated rings. The SMILES string of the molecule is C[C@H](Sc1nnc(-c2ccccc2F)n1C)C(=O)N1c2ccccc2C[C@H]1C. The van der Waals surface area contributed by atoms with E-state index in [1.54, 1.807) is 29.8 Å². The maximum Gasteiger partial charge on any atom is 0.240 e. The summed E-state index contributed by atoms with van der Waals surface area (Å²) in [6, 6.07) is 14.6. The first-order valence-electron chi connectivity index (χ1n) is 9.19. The van der Waals surface area contributed by atoms with Gasteiger partial charge in [-0.25, -0.2) is 4.39 Å². The van der Waals surface area contributed by atoms with Crippen molar-refractivity contribution < 1.29 is 9.18 Å². The lowest BCUT2D eigenvalue weighted by molar-refractivity contribution is -0.118. The molecule has 0 saturated heterocycles. The van der Waals surface area contributed by atoms with Gasteiger partial charge in [-0.05, 0) is 44.0 Å². The van der Waals surface area contributed by atoms with E-state index >= 15 is 0 Å².